The van der Waals surface area contributed by atoms with Crippen molar-refractivity contribution in [3.8, 4) is 0 Å². The van der Waals surface area contributed by atoms with Crippen molar-refractivity contribution in [3.63, 3.8) is 0 Å². The average molecular weight is 1620 g/mol. The summed E-state index contributed by atoms with van der Waals surface area (Å²) in [5.41, 5.74) is 18.1. The minimum absolute atomic E-state index is 0.0193. The fraction of sp³-hybridized carbons (Fsp3) is 0.528. The molecule has 1 saturated heterocycles. The number of esters is 1. The zero-order valence-electron chi connectivity index (χ0n) is 63.6. The largest absolute Gasteiger partial charge is 0.481 e. The molecule has 43 nitrogen and oxygen atoms in total. The lowest BCUT2D eigenvalue weighted by Crippen LogP contribution is -2.62. The van der Waals surface area contributed by atoms with E-state index in [2.05, 4.69) is 65.1 Å². The Morgan fingerprint density at radius 1 is 0.574 bits per heavy atom. The molecule has 630 valence electrons. The van der Waals surface area contributed by atoms with Crippen LogP contribution in [0.15, 0.2) is 54.7 Å². The maximum atomic E-state index is 14.8. The first-order valence-corrected chi connectivity index (χ1v) is 36.8. The first-order valence-electron chi connectivity index (χ1n) is 36.8. The van der Waals surface area contributed by atoms with Gasteiger partial charge in [-0.1, -0.05) is 82.7 Å². The molecule has 25 N–H and O–H groups in total. The lowest BCUT2D eigenvalue weighted by atomic mass is 9.96. The molecule has 2 aromatic carbocycles. The number of ether oxygens (including phenoxy) is 1. The monoisotopic (exact) mass is 1620 g/mol. The normalized spacial score (nSPS) is 21.3. The number of fused-ring (bicyclic) bond motifs is 1. The molecule has 43 heteroatoms. The summed E-state index contributed by atoms with van der Waals surface area (Å²) < 4.78 is 5.68. The van der Waals surface area contributed by atoms with Gasteiger partial charge in [0.1, 0.15) is 72.6 Å². The molecule has 1 aliphatic rings. The molecule has 14 amide bonds. The Kier molecular flexibility index (Phi) is 39.2. The van der Waals surface area contributed by atoms with Crippen LogP contribution in [0.4, 0.5) is 5.69 Å². The number of hydrogen-bond acceptors (Lipinski definition) is 24. The van der Waals surface area contributed by atoms with Gasteiger partial charge in [-0.05, 0) is 69.3 Å². The first kappa shape index (κ1) is 94.7. The van der Waals surface area contributed by atoms with Gasteiger partial charge in [0.25, 0.3) is 0 Å². The van der Waals surface area contributed by atoms with Crippen LogP contribution in [-0.2, 0) is 102 Å². The van der Waals surface area contributed by atoms with Crippen LogP contribution in [-0.4, -0.2) is 248 Å². The number of cyclic esters (lactones) is 1. The van der Waals surface area contributed by atoms with Crippen LogP contribution in [0.25, 0.3) is 10.9 Å². The van der Waals surface area contributed by atoms with Gasteiger partial charge in [-0.2, -0.15) is 0 Å². The number of primary amides is 1. The molecule has 2 heterocycles. The van der Waals surface area contributed by atoms with E-state index in [1.165, 1.54) is 24.3 Å². The van der Waals surface area contributed by atoms with Crippen molar-refractivity contribution in [2.24, 2.45) is 17.4 Å². The van der Waals surface area contributed by atoms with Crippen molar-refractivity contribution >= 4 is 135 Å². The maximum Gasteiger partial charge on any atom is 0.329 e. The predicted octanol–water partition coefficient (Wildman–Crippen LogP) is -5.62. The second-order valence-electron chi connectivity index (χ2n) is 27.3. The van der Waals surface area contributed by atoms with Crippen LogP contribution in [0.5, 0.6) is 0 Å². The molecule has 1 aromatic heterocycles. The van der Waals surface area contributed by atoms with E-state index in [4.69, 9.17) is 21.9 Å². The molecule has 0 radical (unpaired) electrons. The minimum atomic E-state index is -2.45. The van der Waals surface area contributed by atoms with E-state index in [1.54, 1.807) is 30.5 Å². The first-order chi connectivity index (χ1) is 54.4. The van der Waals surface area contributed by atoms with Gasteiger partial charge in [0.2, 0.25) is 82.7 Å². The van der Waals surface area contributed by atoms with Gasteiger partial charge in [0, 0.05) is 47.6 Å². The Bertz CT molecular complexity index is 4040. The number of hydrogen-bond donors (Lipinski definition) is 22. The van der Waals surface area contributed by atoms with Crippen LogP contribution >= 0.6 is 0 Å². The molecule has 115 heavy (non-hydrogen) atoms. The van der Waals surface area contributed by atoms with Crippen molar-refractivity contribution in [3.05, 3.63) is 65.9 Å². The summed E-state index contributed by atoms with van der Waals surface area (Å²) in [5.74, 6) is -29.6. The van der Waals surface area contributed by atoms with Gasteiger partial charge in [-0.25, -0.2) is 9.59 Å². The topological polar surface area (TPSA) is 702 Å². The highest BCUT2D eigenvalue weighted by Gasteiger charge is 2.41. The molecule has 4 unspecified atom stereocenters. The smallest absolute Gasteiger partial charge is 0.329 e. The van der Waals surface area contributed by atoms with Gasteiger partial charge >= 0.3 is 29.8 Å². The number of nitrogens with two attached hydrogens (primary N) is 3. The standard InChI is InChI=1S/C72H101N17O26/c1-5-6-7-8-9-10-11-22-53(93)81-44(25-38-31-76-42-20-15-13-17-39(38)42)65(106)83-45(27-52(75)92)66(107)85-47(30-59(101)102)67(108)89-61-37(4)115-72(114)49(26-51(91)40-18-12-14-19-41(40)74)87-70(111)60(35(2)24-57(97)98)88-68(109)50(34-90)82-55(95)32-77-54(94)28-48(71(112)113)86-62(103)36(3)79-64(105)46(29-58(99)100)84-63(104)43(21-16-23-73)80-56(96)33-78-69(61)110/h12-15,17-20,31,35-37,43-50,60-61,76,90H,5-11,16,21-30,32-34,73-74H2,1-4H3,(H2,75,92)(H,77,94)(H,78,110)(H,79,105)(H,80,96)(H,81,93)(H,82,95)(H,83,106)(H,84,104)(H,85,107)(H,86,103)(H,87,111)(H,88,109)(H,89,108)(H,97,98)(H,99,100)(H,101,102)(H,112,113)/t35?,36-,37?,43-,44+,45+,46+,47+,48?,49+,50+,60+,61?/m1/s1. The van der Waals surface area contributed by atoms with E-state index in [0.717, 1.165) is 52.9 Å². The summed E-state index contributed by atoms with van der Waals surface area (Å²) >= 11 is 0. The maximum absolute atomic E-state index is 14.8. The Morgan fingerprint density at radius 3 is 1.77 bits per heavy atom. The van der Waals surface area contributed by atoms with Gasteiger partial charge in [-0.15, -0.1) is 0 Å². The molecule has 4 rings (SSSR count). The van der Waals surface area contributed by atoms with E-state index in [9.17, 15) is 121 Å². The molecular weight excluding hydrogens is 1520 g/mol. The number of ketones is 1. The fourth-order valence-electron chi connectivity index (χ4n) is 11.7. The van der Waals surface area contributed by atoms with Crippen LogP contribution in [0, 0.1) is 5.92 Å². The molecule has 13 atom stereocenters. The number of Topliss-reactive ketones (excluding diaryl/α,β-unsaturated/α-hetero) is 1. The number of rotatable bonds is 34. The van der Waals surface area contributed by atoms with E-state index >= 15 is 0 Å². The SMILES string of the molecule is CCCCCCCCCC(=O)N[C@@H](Cc1c[nH]c2ccccc12)C(=O)N[C@@H](CC(N)=O)C(=O)N[C@@H](CC(=O)O)C(=O)NC1C(=O)NCC(=O)N[C@H](CCCN)C(=O)N[C@@H](CC(=O)O)C(=O)N[C@H](C)C(=O)NC(C(=O)O)CC(=O)NCC(=O)N[C@@H](CO)C(=O)N[C@@H](C(C)CC(=O)O)C(=O)N[C@@H](CC(=O)c2ccccc2N)C(=O)OC1C. The number of nitrogen functional groups attached to an aromatic ring is 1. The number of aliphatic hydroxyl groups excluding tert-OH is 1. The van der Waals surface area contributed by atoms with Crippen LogP contribution in [0.1, 0.15) is 146 Å². The van der Waals surface area contributed by atoms with Crippen LogP contribution < -0.4 is 86.3 Å². The number of unbranched alkanes of at least 4 members (excludes halogenated alkanes) is 6. The molecule has 0 aliphatic carbocycles. The van der Waals surface area contributed by atoms with Gasteiger partial charge in [-0.3, -0.25) is 86.3 Å². The number of anilines is 1. The summed E-state index contributed by atoms with van der Waals surface area (Å²) in [6.45, 7) is 1.21. The lowest BCUT2D eigenvalue weighted by molar-refractivity contribution is -0.156. The summed E-state index contributed by atoms with van der Waals surface area (Å²) in [6, 6.07) is -10.5. The molecule has 0 bridgehead atoms. The van der Waals surface area contributed by atoms with Crippen LogP contribution in [0.3, 0.4) is 0 Å². The molecule has 0 saturated carbocycles. The number of benzene rings is 2. The molecule has 1 aliphatic heterocycles. The number of carbonyl (C=O) groups excluding carboxylic acids is 16. The Balaban J connectivity index is 1.87. The lowest BCUT2D eigenvalue weighted by Gasteiger charge is -2.30. The minimum Gasteiger partial charge on any atom is -0.481 e. The number of aliphatic hydroxyl groups is 1. The van der Waals surface area contributed by atoms with E-state index in [1.807, 2.05) is 16.0 Å². The van der Waals surface area contributed by atoms with Crippen molar-refractivity contribution in [2.75, 3.05) is 32.0 Å². The highest BCUT2D eigenvalue weighted by Crippen LogP contribution is 2.22. The second-order valence-corrected chi connectivity index (χ2v) is 27.3. The Labute approximate surface area is 657 Å². The van der Waals surface area contributed by atoms with E-state index in [-0.39, 0.29) is 37.1 Å². The number of aromatic amines is 1. The third-order valence-electron chi connectivity index (χ3n) is 17.9. The number of aliphatic carboxylic acids is 4. The summed E-state index contributed by atoms with van der Waals surface area (Å²) in [7, 11) is 0. The van der Waals surface area contributed by atoms with E-state index in [0.29, 0.717) is 29.3 Å². The molecule has 1 fully saturated rings. The number of nitrogens with one attached hydrogen (secondary N) is 14. The predicted molar refractivity (Wildman–Crippen MR) is 400 cm³/mol. The van der Waals surface area contributed by atoms with Gasteiger partial charge in [0.15, 0.2) is 5.78 Å². The van der Waals surface area contributed by atoms with E-state index < -0.39 is 261 Å². The quantitative estimate of drug-likeness (QED) is 0.0115. The zero-order chi connectivity index (χ0) is 85.8. The third kappa shape index (κ3) is 32.5. The summed E-state index contributed by atoms with van der Waals surface area (Å²) in [5, 5.41) is 78.8. The number of aromatic nitrogens is 1. The molecule has 3 aromatic rings. The highest BCUT2D eigenvalue weighted by molar-refractivity contribution is 6.05. The number of amides is 14. The Hall–Kier alpha value is -12.7. The number of carbonyl (C=O) groups is 20. The van der Waals surface area contributed by atoms with Crippen LogP contribution in [0.2, 0.25) is 0 Å². The number of carboxylic acid groups (broad SMARTS) is 4. The highest BCUT2D eigenvalue weighted by atomic mass is 16.5. The van der Waals surface area contributed by atoms with Gasteiger partial charge in [0.05, 0.1) is 51.8 Å². The number of H-pyrrole nitrogens is 1. The summed E-state index contributed by atoms with van der Waals surface area (Å²) in [6.07, 6.45) is -2.25. The molecule has 0 spiro atoms. The van der Waals surface area contributed by atoms with Crippen molar-refractivity contribution in [2.45, 2.75) is 209 Å². The Morgan fingerprint density at radius 2 is 1.16 bits per heavy atom. The fourth-order valence-corrected chi connectivity index (χ4v) is 11.7. The number of para-hydroxylation sites is 2. The molecular formula is C72H101N17O26. The number of carboxylic acids is 4. The average Bonchev–Trinajstić information content (AvgIpc) is 1.49. The second kappa shape index (κ2) is 47.6. The van der Waals surface area contributed by atoms with Gasteiger partial charge < -0.3 is 122 Å². The van der Waals surface area contributed by atoms with Crippen molar-refractivity contribution in [1.29, 1.82) is 0 Å². The van der Waals surface area contributed by atoms with Crippen molar-refractivity contribution in [1.82, 2.24) is 74.1 Å². The van der Waals surface area contributed by atoms with Crippen molar-refractivity contribution < 1.29 is 126 Å². The third-order valence-corrected chi connectivity index (χ3v) is 17.9. The zero-order valence-corrected chi connectivity index (χ0v) is 63.6. The summed E-state index contributed by atoms with van der Waals surface area (Å²) in [4.78, 5) is 276.